The molecule has 0 fully saturated rings. The van der Waals surface area contributed by atoms with Gasteiger partial charge in [0.1, 0.15) is 11.8 Å². The third-order valence-corrected chi connectivity index (χ3v) is 6.29. The summed E-state index contributed by atoms with van der Waals surface area (Å²) < 4.78 is 6.60. The lowest BCUT2D eigenvalue weighted by molar-refractivity contribution is -0.142. The third-order valence-electron chi connectivity index (χ3n) is 5.50. The molecule has 1 N–H and O–H groups in total. The Bertz CT molecular complexity index is 1140. The highest BCUT2D eigenvalue weighted by Crippen LogP contribution is 2.28. The van der Waals surface area contributed by atoms with E-state index in [0.717, 1.165) is 27.6 Å². The maximum atomic E-state index is 13.6. The van der Waals surface area contributed by atoms with Crippen LogP contribution >= 0.6 is 27.5 Å². The van der Waals surface area contributed by atoms with E-state index in [2.05, 4.69) is 21.2 Å². The maximum Gasteiger partial charge on any atom is 0.261 e. The van der Waals surface area contributed by atoms with Crippen molar-refractivity contribution < 1.29 is 14.3 Å². The Morgan fingerprint density at radius 1 is 1.03 bits per heavy atom. The van der Waals surface area contributed by atoms with Crippen molar-refractivity contribution in [1.29, 1.82) is 0 Å². The van der Waals surface area contributed by atoms with Gasteiger partial charge in [-0.25, -0.2) is 0 Å². The summed E-state index contributed by atoms with van der Waals surface area (Å²) in [6.45, 7) is 4.60. The second kappa shape index (κ2) is 13.3. The Morgan fingerprint density at radius 3 is 2.46 bits per heavy atom. The van der Waals surface area contributed by atoms with E-state index in [1.807, 2.05) is 68.4 Å². The van der Waals surface area contributed by atoms with Gasteiger partial charge in [0.25, 0.3) is 5.91 Å². The Morgan fingerprint density at radius 2 is 1.77 bits per heavy atom. The predicted molar refractivity (Wildman–Crippen MR) is 144 cm³/mol. The first-order valence-electron chi connectivity index (χ1n) is 11.6. The average Bonchev–Trinajstić information content (AvgIpc) is 2.84. The highest BCUT2D eigenvalue weighted by molar-refractivity contribution is 9.10. The van der Waals surface area contributed by atoms with Gasteiger partial charge < -0.3 is 15.0 Å². The van der Waals surface area contributed by atoms with Gasteiger partial charge in [0.2, 0.25) is 5.91 Å². The molecule has 0 aliphatic rings. The molecule has 7 heteroatoms. The number of amides is 2. The van der Waals surface area contributed by atoms with E-state index in [-0.39, 0.29) is 25.0 Å². The Kier molecular flexibility index (Phi) is 10.2. The zero-order chi connectivity index (χ0) is 25.2. The van der Waals surface area contributed by atoms with Crippen molar-refractivity contribution in [2.24, 2.45) is 0 Å². The van der Waals surface area contributed by atoms with Gasteiger partial charge in [-0.3, -0.25) is 9.59 Å². The fourth-order valence-electron chi connectivity index (χ4n) is 3.74. The van der Waals surface area contributed by atoms with Crippen molar-refractivity contribution in [2.45, 2.75) is 39.3 Å². The predicted octanol–water partition coefficient (Wildman–Crippen LogP) is 5.96. The SMILES string of the molecule is CCCNC(=O)[C@H](Cc1ccccc1)N(Cc1cccc(C)c1)C(=O)COc1ccc(Br)cc1Cl. The van der Waals surface area contributed by atoms with Crippen molar-refractivity contribution in [3.63, 3.8) is 0 Å². The summed E-state index contributed by atoms with van der Waals surface area (Å²) in [5, 5.41) is 3.38. The van der Waals surface area contributed by atoms with E-state index < -0.39 is 6.04 Å². The number of nitrogens with one attached hydrogen (secondary N) is 1. The van der Waals surface area contributed by atoms with E-state index in [1.54, 1.807) is 23.1 Å². The lowest BCUT2D eigenvalue weighted by Gasteiger charge is -2.31. The molecule has 0 spiro atoms. The molecule has 0 aliphatic heterocycles. The summed E-state index contributed by atoms with van der Waals surface area (Å²) in [6, 6.07) is 22.2. The highest BCUT2D eigenvalue weighted by atomic mass is 79.9. The van der Waals surface area contributed by atoms with Crippen LogP contribution in [0.3, 0.4) is 0 Å². The van der Waals surface area contributed by atoms with Gasteiger partial charge in [-0.1, -0.05) is 94.6 Å². The summed E-state index contributed by atoms with van der Waals surface area (Å²) in [4.78, 5) is 28.5. The summed E-state index contributed by atoms with van der Waals surface area (Å²) in [5.41, 5.74) is 3.01. The summed E-state index contributed by atoms with van der Waals surface area (Å²) in [7, 11) is 0. The van der Waals surface area contributed by atoms with Crippen molar-refractivity contribution in [3.8, 4) is 5.75 Å². The number of hydrogen-bond donors (Lipinski definition) is 1. The van der Waals surface area contributed by atoms with Gasteiger partial charge in [-0.15, -0.1) is 0 Å². The summed E-state index contributed by atoms with van der Waals surface area (Å²) in [5.74, 6) is -0.0646. The van der Waals surface area contributed by atoms with Gasteiger partial charge in [-0.2, -0.15) is 0 Å². The molecule has 0 aromatic heterocycles. The molecule has 0 unspecified atom stereocenters. The number of ether oxygens (including phenoxy) is 1. The van der Waals surface area contributed by atoms with Crippen LogP contribution in [0.5, 0.6) is 5.75 Å². The number of carbonyl (C=O) groups excluding carboxylic acids is 2. The highest BCUT2D eigenvalue weighted by Gasteiger charge is 2.30. The number of hydrogen-bond acceptors (Lipinski definition) is 3. The molecule has 1 atom stereocenters. The third kappa shape index (κ3) is 8.11. The van der Waals surface area contributed by atoms with Crippen LogP contribution in [0.25, 0.3) is 0 Å². The van der Waals surface area contributed by atoms with Crippen molar-refractivity contribution in [3.05, 3.63) is 99.0 Å². The zero-order valence-corrected chi connectivity index (χ0v) is 22.3. The molecule has 0 radical (unpaired) electrons. The maximum absolute atomic E-state index is 13.6. The molecule has 3 rings (SSSR count). The molecule has 0 saturated carbocycles. The van der Waals surface area contributed by atoms with Crippen LogP contribution in [-0.4, -0.2) is 35.9 Å². The Labute approximate surface area is 220 Å². The molecule has 0 heterocycles. The first-order chi connectivity index (χ1) is 16.9. The molecule has 3 aromatic carbocycles. The van der Waals surface area contributed by atoms with Crippen LogP contribution in [0.1, 0.15) is 30.0 Å². The van der Waals surface area contributed by atoms with Crippen LogP contribution in [0.15, 0.2) is 77.3 Å². The molecule has 0 saturated heterocycles. The minimum atomic E-state index is -0.694. The van der Waals surface area contributed by atoms with Crippen molar-refractivity contribution >= 4 is 39.3 Å². The Balaban J connectivity index is 1.90. The fourth-order valence-corrected chi connectivity index (χ4v) is 4.47. The quantitative estimate of drug-likeness (QED) is 0.317. The van der Waals surface area contributed by atoms with Crippen LogP contribution < -0.4 is 10.1 Å². The van der Waals surface area contributed by atoms with E-state index >= 15 is 0 Å². The fraction of sp³-hybridized carbons (Fsp3) is 0.286. The molecule has 3 aromatic rings. The lowest BCUT2D eigenvalue weighted by Crippen LogP contribution is -2.51. The first-order valence-corrected chi connectivity index (χ1v) is 12.8. The first kappa shape index (κ1) is 26.8. The van der Waals surface area contributed by atoms with E-state index in [0.29, 0.717) is 23.7 Å². The molecule has 2 amide bonds. The smallest absolute Gasteiger partial charge is 0.261 e. The van der Waals surface area contributed by atoms with Gasteiger partial charge >= 0.3 is 0 Å². The van der Waals surface area contributed by atoms with Gasteiger partial charge in [0.05, 0.1) is 5.02 Å². The van der Waals surface area contributed by atoms with E-state index in [1.165, 1.54) is 0 Å². The number of rotatable bonds is 11. The van der Waals surface area contributed by atoms with Crippen LogP contribution in [0.4, 0.5) is 0 Å². The van der Waals surface area contributed by atoms with Crippen LogP contribution in [-0.2, 0) is 22.6 Å². The zero-order valence-electron chi connectivity index (χ0n) is 20.0. The second-order valence-corrected chi connectivity index (χ2v) is 9.69. The van der Waals surface area contributed by atoms with Gasteiger partial charge in [0.15, 0.2) is 6.61 Å². The normalized spacial score (nSPS) is 11.5. The molecular weight excluding hydrogens is 528 g/mol. The number of benzene rings is 3. The molecule has 0 bridgehead atoms. The van der Waals surface area contributed by atoms with E-state index in [9.17, 15) is 9.59 Å². The minimum Gasteiger partial charge on any atom is -0.482 e. The number of aryl methyl sites for hydroxylation is 1. The number of halogens is 2. The molecule has 0 aliphatic carbocycles. The van der Waals surface area contributed by atoms with E-state index in [4.69, 9.17) is 16.3 Å². The monoisotopic (exact) mass is 556 g/mol. The molecule has 184 valence electrons. The molecular formula is C28H30BrClN2O3. The topological polar surface area (TPSA) is 58.6 Å². The second-order valence-electron chi connectivity index (χ2n) is 8.37. The van der Waals surface area contributed by atoms with Crippen LogP contribution in [0, 0.1) is 6.92 Å². The molecule has 5 nitrogen and oxygen atoms in total. The van der Waals surface area contributed by atoms with Crippen molar-refractivity contribution in [2.75, 3.05) is 13.2 Å². The minimum absolute atomic E-state index is 0.182. The summed E-state index contributed by atoms with van der Waals surface area (Å²) in [6.07, 6.45) is 1.20. The average molecular weight is 558 g/mol. The van der Waals surface area contributed by atoms with Crippen LogP contribution in [0.2, 0.25) is 5.02 Å². The van der Waals surface area contributed by atoms with Gasteiger partial charge in [0, 0.05) is 24.0 Å². The number of carbonyl (C=O) groups is 2. The Hall–Kier alpha value is -2.83. The van der Waals surface area contributed by atoms with Crippen molar-refractivity contribution in [1.82, 2.24) is 10.2 Å². The number of nitrogens with zero attached hydrogens (tertiary/aromatic N) is 1. The van der Waals surface area contributed by atoms with Gasteiger partial charge in [-0.05, 0) is 42.7 Å². The largest absolute Gasteiger partial charge is 0.482 e. The summed E-state index contributed by atoms with van der Waals surface area (Å²) >= 11 is 9.64. The standard InChI is InChI=1S/C28H30BrClN2O3/c1-3-14-31-28(34)25(16-21-9-5-4-6-10-21)32(18-22-11-7-8-20(2)15-22)27(33)19-35-26-13-12-23(29)17-24(26)30/h4-13,15,17,25H,3,14,16,18-19H2,1-2H3,(H,31,34)/t25-/m0/s1. The molecule has 35 heavy (non-hydrogen) atoms. The lowest BCUT2D eigenvalue weighted by atomic mass is 10.0.